The summed E-state index contributed by atoms with van der Waals surface area (Å²) in [4.78, 5) is 1.34. The van der Waals surface area contributed by atoms with Gasteiger partial charge in [0.15, 0.2) is 0 Å². The summed E-state index contributed by atoms with van der Waals surface area (Å²) >= 11 is 8.17. The highest BCUT2D eigenvalue weighted by Gasteiger charge is 2.18. The summed E-state index contributed by atoms with van der Waals surface area (Å²) in [6, 6.07) is 8.53. The number of nitrogens with one attached hydrogen (secondary N) is 1. The molecule has 90 valence electrons. The van der Waals surface area contributed by atoms with Crippen molar-refractivity contribution in [2.24, 2.45) is 0 Å². The summed E-state index contributed by atoms with van der Waals surface area (Å²) in [5, 5.41) is 6.33. The molecule has 0 spiro atoms. The lowest BCUT2D eigenvalue weighted by molar-refractivity contribution is 0.690. The monoisotopic (exact) mass is 265 g/mol. The Morgan fingerprint density at radius 2 is 1.94 bits per heavy atom. The van der Waals surface area contributed by atoms with Crippen molar-refractivity contribution >= 4 is 22.9 Å². The maximum absolute atomic E-state index is 6.40. The molecule has 0 saturated heterocycles. The molecule has 1 unspecified atom stereocenters. The van der Waals surface area contributed by atoms with Gasteiger partial charge in [-0.2, -0.15) is 0 Å². The van der Waals surface area contributed by atoms with E-state index in [2.05, 4.69) is 35.8 Å². The van der Waals surface area contributed by atoms with E-state index in [4.69, 9.17) is 11.6 Å². The van der Waals surface area contributed by atoms with Gasteiger partial charge in [0.1, 0.15) is 0 Å². The van der Waals surface area contributed by atoms with Crippen molar-refractivity contribution in [1.29, 1.82) is 0 Å². The van der Waals surface area contributed by atoms with Gasteiger partial charge in [-0.05, 0) is 49.0 Å². The van der Waals surface area contributed by atoms with Crippen LogP contribution in [-0.2, 0) is 0 Å². The Kier molecular flexibility index (Phi) is 3.87. The summed E-state index contributed by atoms with van der Waals surface area (Å²) in [5.41, 5.74) is 3.58. The van der Waals surface area contributed by atoms with E-state index in [1.165, 1.54) is 10.4 Å². The topological polar surface area (TPSA) is 12.0 Å². The van der Waals surface area contributed by atoms with Gasteiger partial charge in [-0.15, -0.1) is 11.3 Å². The minimum Gasteiger partial charge on any atom is -0.309 e. The first kappa shape index (κ1) is 12.6. The molecule has 1 heterocycles. The first-order chi connectivity index (χ1) is 8.15. The van der Waals surface area contributed by atoms with Crippen LogP contribution in [0.5, 0.6) is 0 Å². The summed E-state index contributed by atoms with van der Waals surface area (Å²) in [6.07, 6.45) is 0. The van der Waals surface area contributed by atoms with E-state index < -0.39 is 0 Å². The maximum Gasteiger partial charge on any atom is 0.0599 e. The Morgan fingerprint density at radius 3 is 2.53 bits per heavy atom. The molecule has 0 radical (unpaired) electrons. The van der Waals surface area contributed by atoms with Crippen LogP contribution in [0.4, 0.5) is 0 Å². The Labute approximate surface area is 111 Å². The highest BCUT2D eigenvalue weighted by Crippen LogP contribution is 2.33. The third-order valence-corrected chi connectivity index (χ3v) is 4.41. The average Bonchev–Trinajstić information content (AvgIpc) is 2.72. The van der Waals surface area contributed by atoms with Gasteiger partial charge in [0, 0.05) is 9.90 Å². The molecule has 0 aliphatic heterocycles. The molecule has 0 bridgehead atoms. The fraction of sp³-hybridized carbons (Fsp3) is 0.286. The molecule has 0 amide bonds. The second kappa shape index (κ2) is 5.21. The highest BCUT2D eigenvalue weighted by molar-refractivity contribution is 7.10. The maximum atomic E-state index is 6.40. The molecule has 0 aliphatic carbocycles. The van der Waals surface area contributed by atoms with Crippen LogP contribution < -0.4 is 5.32 Å². The summed E-state index contributed by atoms with van der Waals surface area (Å²) < 4.78 is 0. The lowest BCUT2D eigenvalue weighted by Crippen LogP contribution is -2.18. The van der Waals surface area contributed by atoms with Crippen LogP contribution in [0.15, 0.2) is 29.6 Å². The largest absolute Gasteiger partial charge is 0.309 e. The van der Waals surface area contributed by atoms with Crippen molar-refractivity contribution in [3.05, 3.63) is 56.2 Å². The van der Waals surface area contributed by atoms with Gasteiger partial charge in [-0.25, -0.2) is 0 Å². The van der Waals surface area contributed by atoms with Crippen LogP contribution in [0.3, 0.4) is 0 Å². The molecular formula is C14H16ClNS. The van der Waals surface area contributed by atoms with E-state index >= 15 is 0 Å². The number of hydrogen-bond donors (Lipinski definition) is 1. The molecule has 2 aromatic rings. The van der Waals surface area contributed by atoms with Crippen LogP contribution in [-0.4, -0.2) is 7.05 Å². The summed E-state index contributed by atoms with van der Waals surface area (Å²) in [7, 11) is 1.97. The number of halogens is 1. The molecule has 17 heavy (non-hydrogen) atoms. The normalized spacial score (nSPS) is 12.7. The minimum atomic E-state index is 0.175. The molecule has 1 atom stereocenters. The second-order valence-corrected chi connectivity index (χ2v) is 5.63. The number of rotatable bonds is 3. The zero-order chi connectivity index (χ0) is 12.4. The molecule has 3 heteroatoms. The quantitative estimate of drug-likeness (QED) is 0.871. The van der Waals surface area contributed by atoms with E-state index in [0.717, 1.165) is 16.1 Å². The smallest absolute Gasteiger partial charge is 0.0599 e. The van der Waals surface area contributed by atoms with Gasteiger partial charge in [-0.3, -0.25) is 0 Å². The van der Waals surface area contributed by atoms with Crippen molar-refractivity contribution in [3.8, 4) is 0 Å². The van der Waals surface area contributed by atoms with Gasteiger partial charge >= 0.3 is 0 Å². The lowest BCUT2D eigenvalue weighted by atomic mass is 9.98. The van der Waals surface area contributed by atoms with Gasteiger partial charge in [-0.1, -0.05) is 29.8 Å². The fourth-order valence-corrected chi connectivity index (χ4v) is 3.04. The van der Waals surface area contributed by atoms with Gasteiger partial charge in [0.2, 0.25) is 0 Å². The second-order valence-electron chi connectivity index (χ2n) is 4.13. The molecule has 1 N–H and O–H groups in total. The standard InChI is InChI=1S/C14H16ClNS/c1-9-5-4-6-12(13(9)15)14(16-3)11-7-8-17-10(11)2/h4-8,14,16H,1-3H3. The summed E-state index contributed by atoms with van der Waals surface area (Å²) in [5.74, 6) is 0. The first-order valence-electron chi connectivity index (χ1n) is 5.61. The predicted octanol–water partition coefficient (Wildman–Crippen LogP) is 4.33. The molecule has 0 aliphatic rings. The van der Waals surface area contributed by atoms with Crippen LogP contribution in [0.2, 0.25) is 5.02 Å². The van der Waals surface area contributed by atoms with Crippen molar-refractivity contribution in [1.82, 2.24) is 5.32 Å². The molecule has 1 aromatic carbocycles. The number of thiophene rings is 1. The molecule has 2 rings (SSSR count). The third kappa shape index (κ3) is 2.39. The van der Waals surface area contributed by atoms with Crippen molar-refractivity contribution in [2.75, 3.05) is 7.05 Å². The van der Waals surface area contributed by atoms with Crippen molar-refractivity contribution in [3.63, 3.8) is 0 Å². The van der Waals surface area contributed by atoms with Gasteiger partial charge in [0.05, 0.1) is 6.04 Å². The van der Waals surface area contributed by atoms with Crippen LogP contribution in [0, 0.1) is 13.8 Å². The number of aryl methyl sites for hydroxylation is 2. The van der Waals surface area contributed by atoms with E-state index in [0.29, 0.717) is 0 Å². The van der Waals surface area contributed by atoms with Crippen molar-refractivity contribution in [2.45, 2.75) is 19.9 Å². The Hall–Kier alpha value is -0.830. The number of hydrogen-bond acceptors (Lipinski definition) is 2. The summed E-state index contributed by atoms with van der Waals surface area (Å²) in [6.45, 7) is 4.19. The van der Waals surface area contributed by atoms with Crippen LogP contribution in [0.25, 0.3) is 0 Å². The van der Waals surface area contributed by atoms with Gasteiger partial charge < -0.3 is 5.32 Å². The van der Waals surface area contributed by atoms with E-state index in [9.17, 15) is 0 Å². The van der Waals surface area contributed by atoms with Crippen LogP contribution in [0.1, 0.15) is 27.6 Å². The minimum absolute atomic E-state index is 0.175. The van der Waals surface area contributed by atoms with Crippen molar-refractivity contribution < 1.29 is 0 Å². The van der Waals surface area contributed by atoms with E-state index in [-0.39, 0.29) is 6.04 Å². The number of benzene rings is 1. The lowest BCUT2D eigenvalue weighted by Gasteiger charge is -2.19. The van der Waals surface area contributed by atoms with Crippen LogP contribution >= 0.6 is 22.9 Å². The molecule has 0 fully saturated rings. The Balaban J connectivity index is 2.50. The Bertz CT molecular complexity index is 519. The van der Waals surface area contributed by atoms with Gasteiger partial charge in [0.25, 0.3) is 0 Å². The SMILES string of the molecule is CNC(c1ccsc1C)c1cccc(C)c1Cl. The average molecular weight is 266 g/mol. The Morgan fingerprint density at radius 1 is 1.18 bits per heavy atom. The predicted molar refractivity (Wildman–Crippen MR) is 76.1 cm³/mol. The fourth-order valence-electron chi connectivity index (χ4n) is 2.07. The first-order valence-corrected chi connectivity index (χ1v) is 6.87. The third-order valence-electron chi connectivity index (χ3n) is 3.03. The zero-order valence-corrected chi connectivity index (χ0v) is 11.8. The van der Waals surface area contributed by atoms with E-state index in [1.807, 2.05) is 20.0 Å². The zero-order valence-electron chi connectivity index (χ0n) is 10.3. The highest BCUT2D eigenvalue weighted by atomic mass is 35.5. The molecule has 1 aromatic heterocycles. The molecular weight excluding hydrogens is 250 g/mol. The molecule has 1 nitrogen and oxygen atoms in total. The molecule has 0 saturated carbocycles. The van der Waals surface area contributed by atoms with E-state index in [1.54, 1.807) is 11.3 Å².